The van der Waals surface area contributed by atoms with Crippen molar-refractivity contribution in [1.82, 2.24) is 0 Å². The van der Waals surface area contributed by atoms with Gasteiger partial charge in [0.2, 0.25) is 0 Å². The SMILES string of the molecule is CCOC(=O)CS(=O)(=O)Cc1cccc(C)c1. The van der Waals surface area contributed by atoms with E-state index in [9.17, 15) is 13.2 Å². The molecule has 0 saturated heterocycles. The van der Waals surface area contributed by atoms with Gasteiger partial charge in [-0.25, -0.2) is 8.42 Å². The highest BCUT2D eigenvalue weighted by Gasteiger charge is 2.18. The fraction of sp³-hybridized carbons (Fsp3) is 0.417. The van der Waals surface area contributed by atoms with Crippen LogP contribution in [0.2, 0.25) is 0 Å². The summed E-state index contributed by atoms with van der Waals surface area (Å²) in [5, 5.41) is 0. The van der Waals surface area contributed by atoms with Crippen LogP contribution in [0.3, 0.4) is 0 Å². The zero-order chi connectivity index (χ0) is 12.9. The lowest BCUT2D eigenvalue weighted by molar-refractivity contribution is -0.139. The van der Waals surface area contributed by atoms with Gasteiger partial charge in [0.05, 0.1) is 12.4 Å². The molecule has 0 heterocycles. The largest absolute Gasteiger partial charge is 0.465 e. The molecule has 0 aromatic heterocycles. The molecule has 4 nitrogen and oxygen atoms in total. The number of hydrogen-bond acceptors (Lipinski definition) is 4. The number of carbonyl (C=O) groups is 1. The number of aryl methyl sites for hydroxylation is 1. The Morgan fingerprint density at radius 1 is 1.35 bits per heavy atom. The predicted molar refractivity (Wildman–Crippen MR) is 65.3 cm³/mol. The normalized spacial score (nSPS) is 11.2. The first-order valence-corrected chi connectivity index (χ1v) is 7.16. The summed E-state index contributed by atoms with van der Waals surface area (Å²) in [6.45, 7) is 3.73. The van der Waals surface area contributed by atoms with Gasteiger partial charge < -0.3 is 4.74 Å². The third-order valence-corrected chi connectivity index (χ3v) is 3.56. The monoisotopic (exact) mass is 256 g/mol. The molecule has 94 valence electrons. The summed E-state index contributed by atoms with van der Waals surface area (Å²) in [7, 11) is -3.45. The van der Waals surface area contributed by atoms with Gasteiger partial charge in [0.25, 0.3) is 0 Å². The third kappa shape index (κ3) is 4.99. The van der Waals surface area contributed by atoms with Crippen molar-refractivity contribution in [3.63, 3.8) is 0 Å². The Morgan fingerprint density at radius 2 is 2.06 bits per heavy atom. The molecule has 0 aliphatic heterocycles. The van der Waals surface area contributed by atoms with E-state index in [1.807, 2.05) is 13.0 Å². The van der Waals surface area contributed by atoms with Gasteiger partial charge in [-0.2, -0.15) is 0 Å². The topological polar surface area (TPSA) is 60.4 Å². The maximum Gasteiger partial charge on any atom is 0.321 e. The molecular weight excluding hydrogens is 240 g/mol. The first-order valence-electron chi connectivity index (χ1n) is 5.34. The van der Waals surface area contributed by atoms with Crippen LogP contribution < -0.4 is 0 Å². The summed E-state index contributed by atoms with van der Waals surface area (Å²) in [6, 6.07) is 7.21. The third-order valence-electron chi connectivity index (χ3n) is 2.11. The van der Waals surface area contributed by atoms with E-state index in [4.69, 9.17) is 0 Å². The van der Waals surface area contributed by atoms with Gasteiger partial charge in [0, 0.05) is 0 Å². The average Bonchev–Trinajstić information content (AvgIpc) is 2.15. The number of carbonyl (C=O) groups excluding carboxylic acids is 1. The number of esters is 1. The number of hydrogen-bond donors (Lipinski definition) is 0. The molecule has 0 saturated carbocycles. The lowest BCUT2D eigenvalue weighted by atomic mass is 10.2. The van der Waals surface area contributed by atoms with Crippen LogP contribution in [0.1, 0.15) is 18.1 Å². The minimum absolute atomic E-state index is 0.131. The van der Waals surface area contributed by atoms with Crippen molar-refractivity contribution in [3.8, 4) is 0 Å². The lowest BCUT2D eigenvalue weighted by Crippen LogP contribution is -2.19. The summed E-state index contributed by atoms with van der Waals surface area (Å²) >= 11 is 0. The van der Waals surface area contributed by atoms with Gasteiger partial charge in [-0.15, -0.1) is 0 Å². The Bertz CT molecular complexity index is 491. The fourth-order valence-electron chi connectivity index (χ4n) is 1.49. The molecule has 0 bridgehead atoms. The number of benzene rings is 1. The van der Waals surface area contributed by atoms with Crippen molar-refractivity contribution >= 4 is 15.8 Å². The van der Waals surface area contributed by atoms with Gasteiger partial charge in [-0.05, 0) is 19.4 Å². The first-order chi connectivity index (χ1) is 7.93. The van der Waals surface area contributed by atoms with E-state index in [1.165, 1.54) is 0 Å². The molecule has 1 aromatic rings. The van der Waals surface area contributed by atoms with Crippen LogP contribution in [0.25, 0.3) is 0 Å². The highest BCUT2D eigenvalue weighted by molar-refractivity contribution is 7.91. The van der Waals surface area contributed by atoms with Gasteiger partial charge >= 0.3 is 5.97 Å². The second-order valence-corrected chi connectivity index (χ2v) is 5.89. The second-order valence-electron chi connectivity index (χ2n) is 3.83. The van der Waals surface area contributed by atoms with Crippen molar-refractivity contribution < 1.29 is 17.9 Å². The molecule has 1 aromatic carbocycles. The van der Waals surface area contributed by atoms with Crippen LogP contribution in [0.4, 0.5) is 0 Å². The van der Waals surface area contributed by atoms with E-state index in [2.05, 4.69) is 4.74 Å². The molecule has 5 heteroatoms. The van der Waals surface area contributed by atoms with Crippen molar-refractivity contribution in [1.29, 1.82) is 0 Å². The Kier molecular flexibility index (Phi) is 4.69. The molecule has 0 unspecified atom stereocenters. The minimum Gasteiger partial charge on any atom is -0.465 e. The quantitative estimate of drug-likeness (QED) is 0.749. The molecule has 0 atom stereocenters. The average molecular weight is 256 g/mol. The summed E-state index contributed by atoms with van der Waals surface area (Å²) in [5.74, 6) is -1.39. The van der Waals surface area contributed by atoms with Crippen LogP contribution in [0.5, 0.6) is 0 Å². The van der Waals surface area contributed by atoms with Crippen molar-refractivity contribution in [2.75, 3.05) is 12.4 Å². The standard InChI is InChI=1S/C12H16O4S/c1-3-16-12(13)9-17(14,15)8-11-6-4-5-10(2)7-11/h4-7H,3,8-9H2,1-2H3. The van der Waals surface area contributed by atoms with Crippen LogP contribution in [0, 0.1) is 6.92 Å². The van der Waals surface area contributed by atoms with Gasteiger partial charge in [0.1, 0.15) is 5.75 Å². The molecule has 1 rings (SSSR count). The molecule has 0 N–H and O–H groups in total. The Morgan fingerprint density at radius 3 is 2.65 bits per heavy atom. The van der Waals surface area contributed by atoms with Gasteiger partial charge in [-0.3, -0.25) is 4.79 Å². The lowest BCUT2D eigenvalue weighted by Gasteiger charge is -2.05. The van der Waals surface area contributed by atoms with Crippen LogP contribution in [-0.4, -0.2) is 26.7 Å². The van der Waals surface area contributed by atoms with E-state index < -0.39 is 21.6 Å². The number of sulfone groups is 1. The summed E-state index contributed by atoms with van der Waals surface area (Å²) in [6.07, 6.45) is 0. The molecule has 0 fully saturated rings. The molecule has 0 aliphatic rings. The van der Waals surface area contributed by atoms with E-state index in [0.717, 1.165) is 5.56 Å². The second kappa shape index (κ2) is 5.82. The van der Waals surface area contributed by atoms with Gasteiger partial charge in [-0.1, -0.05) is 29.8 Å². The summed E-state index contributed by atoms with van der Waals surface area (Å²) in [4.78, 5) is 11.1. The fourth-order valence-corrected chi connectivity index (χ4v) is 2.72. The highest BCUT2D eigenvalue weighted by Crippen LogP contribution is 2.09. The maximum atomic E-state index is 11.7. The van der Waals surface area contributed by atoms with E-state index in [0.29, 0.717) is 5.56 Å². The van der Waals surface area contributed by atoms with Crippen molar-refractivity contribution in [2.24, 2.45) is 0 Å². The van der Waals surface area contributed by atoms with Crippen LogP contribution in [-0.2, 0) is 25.1 Å². The van der Waals surface area contributed by atoms with E-state index in [-0.39, 0.29) is 12.4 Å². The zero-order valence-corrected chi connectivity index (χ0v) is 10.8. The Balaban J connectivity index is 2.70. The highest BCUT2D eigenvalue weighted by atomic mass is 32.2. The molecular formula is C12H16O4S. The summed E-state index contributed by atoms with van der Waals surface area (Å²) in [5.41, 5.74) is 1.68. The van der Waals surface area contributed by atoms with Crippen molar-refractivity contribution in [2.45, 2.75) is 19.6 Å². The molecule has 0 amide bonds. The van der Waals surface area contributed by atoms with E-state index in [1.54, 1.807) is 25.1 Å². The van der Waals surface area contributed by atoms with Crippen LogP contribution >= 0.6 is 0 Å². The molecule has 0 spiro atoms. The van der Waals surface area contributed by atoms with Crippen molar-refractivity contribution in [3.05, 3.63) is 35.4 Å². The van der Waals surface area contributed by atoms with Crippen LogP contribution in [0.15, 0.2) is 24.3 Å². The molecule has 0 radical (unpaired) electrons. The molecule has 17 heavy (non-hydrogen) atoms. The van der Waals surface area contributed by atoms with Gasteiger partial charge in [0.15, 0.2) is 9.84 Å². The zero-order valence-electron chi connectivity index (χ0n) is 9.97. The predicted octanol–water partition coefficient (Wildman–Crippen LogP) is 1.47. The minimum atomic E-state index is -3.45. The number of ether oxygens (including phenoxy) is 1. The van der Waals surface area contributed by atoms with E-state index >= 15 is 0 Å². The maximum absolute atomic E-state index is 11.7. The smallest absolute Gasteiger partial charge is 0.321 e. The first kappa shape index (κ1) is 13.7. The Hall–Kier alpha value is -1.36. The number of rotatable bonds is 5. The summed E-state index contributed by atoms with van der Waals surface area (Å²) < 4.78 is 28.0. The molecule has 0 aliphatic carbocycles. The Labute approximate surface area is 102 Å².